The fraction of sp³-hybridized carbons (Fsp3) is 0.600. The number of methoxy groups -OCH3 is 1. The Hall–Kier alpha value is -1.62. The average molecular weight is 279 g/mol. The Morgan fingerprint density at radius 2 is 2.10 bits per heavy atom. The lowest BCUT2D eigenvalue weighted by molar-refractivity contribution is 0.0951. The second kappa shape index (κ2) is 9.31. The van der Waals surface area contributed by atoms with Crippen LogP contribution in [0.25, 0.3) is 0 Å². The molecule has 0 aliphatic heterocycles. The van der Waals surface area contributed by atoms with E-state index >= 15 is 0 Å². The number of pyridine rings is 1. The Labute approximate surface area is 121 Å². The number of ether oxygens (including phenoxy) is 1. The first-order valence-corrected chi connectivity index (χ1v) is 7.23. The van der Waals surface area contributed by atoms with Gasteiger partial charge in [0.05, 0.1) is 0 Å². The van der Waals surface area contributed by atoms with Gasteiger partial charge in [0.1, 0.15) is 5.82 Å². The van der Waals surface area contributed by atoms with Gasteiger partial charge in [-0.2, -0.15) is 0 Å². The Kier molecular flexibility index (Phi) is 7.65. The maximum absolute atomic E-state index is 12.1. The standard InChI is InChI=1S/C15H25N3O2/c1-4-13-10-12(11-14(18-13)16-5-2)15(19)17-8-6-7-9-20-3/h10-11H,4-9H2,1-3H3,(H,16,18)(H,17,19). The predicted octanol–water partition coefficient (Wildman–Crippen LogP) is 2.23. The molecule has 5 heteroatoms. The van der Waals surface area contributed by atoms with Crippen LogP contribution < -0.4 is 10.6 Å². The number of carbonyl (C=O) groups is 1. The first kappa shape index (κ1) is 16.4. The van der Waals surface area contributed by atoms with Crippen LogP contribution in [0, 0.1) is 0 Å². The summed E-state index contributed by atoms with van der Waals surface area (Å²) in [5.41, 5.74) is 1.59. The van der Waals surface area contributed by atoms with E-state index in [9.17, 15) is 4.79 Å². The van der Waals surface area contributed by atoms with Gasteiger partial charge < -0.3 is 15.4 Å². The van der Waals surface area contributed by atoms with Crippen molar-refractivity contribution in [3.05, 3.63) is 23.4 Å². The van der Waals surface area contributed by atoms with Crippen molar-refractivity contribution < 1.29 is 9.53 Å². The van der Waals surface area contributed by atoms with Crippen LogP contribution in [0.2, 0.25) is 0 Å². The summed E-state index contributed by atoms with van der Waals surface area (Å²) >= 11 is 0. The first-order valence-electron chi connectivity index (χ1n) is 7.23. The zero-order valence-electron chi connectivity index (χ0n) is 12.7. The highest BCUT2D eigenvalue weighted by Gasteiger charge is 2.08. The van der Waals surface area contributed by atoms with E-state index in [2.05, 4.69) is 15.6 Å². The molecular weight excluding hydrogens is 254 g/mol. The van der Waals surface area contributed by atoms with Crippen molar-refractivity contribution >= 4 is 11.7 Å². The van der Waals surface area contributed by atoms with Crippen LogP contribution in [0.3, 0.4) is 0 Å². The van der Waals surface area contributed by atoms with E-state index in [1.165, 1.54) is 0 Å². The van der Waals surface area contributed by atoms with Gasteiger partial charge in [-0.15, -0.1) is 0 Å². The quantitative estimate of drug-likeness (QED) is 0.680. The fourth-order valence-corrected chi connectivity index (χ4v) is 1.85. The zero-order valence-corrected chi connectivity index (χ0v) is 12.7. The fourth-order valence-electron chi connectivity index (χ4n) is 1.85. The van der Waals surface area contributed by atoms with E-state index in [1.807, 2.05) is 19.9 Å². The summed E-state index contributed by atoms with van der Waals surface area (Å²) in [6.45, 7) is 6.23. The smallest absolute Gasteiger partial charge is 0.251 e. The molecule has 5 nitrogen and oxygen atoms in total. The van der Waals surface area contributed by atoms with Crippen LogP contribution in [0.5, 0.6) is 0 Å². The number of nitrogens with zero attached hydrogens (tertiary/aromatic N) is 1. The van der Waals surface area contributed by atoms with Gasteiger partial charge >= 0.3 is 0 Å². The first-order chi connectivity index (χ1) is 9.71. The van der Waals surface area contributed by atoms with Crippen LogP contribution in [0.4, 0.5) is 5.82 Å². The van der Waals surface area contributed by atoms with Gasteiger partial charge in [-0.25, -0.2) is 4.98 Å². The van der Waals surface area contributed by atoms with Gasteiger partial charge in [0.15, 0.2) is 0 Å². The maximum atomic E-state index is 12.1. The molecule has 1 amide bonds. The Bertz CT molecular complexity index is 422. The summed E-state index contributed by atoms with van der Waals surface area (Å²) in [6, 6.07) is 3.65. The molecule has 0 bridgehead atoms. The number of hydrogen-bond acceptors (Lipinski definition) is 4. The monoisotopic (exact) mass is 279 g/mol. The van der Waals surface area contributed by atoms with E-state index in [0.717, 1.165) is 43.9 Å². The molecule has 0 atom stereocenters. The van der Waals surface area contributed by atoms with Crippen LogP contribution in [-0.4, -0.2) is 37.7 Å². The lowest BCUT2D eigenvalue weighted by atomic mass is 10.1. The molecule has 0 aliphatic rings. The van der Waals surface area contributed by atoms with Crippen LogP contribution in [0.15, 0.2) is 12.1 Å². The van der Waals surface area contributed by atoms with Gasteiger partial charge in [0.2, 0.25) is 0 Å². The molecule has 1 aromatic rings. The van der Waals surface area contributed by atoms with Gasteiger partial charge in [0.25, 0.3) is 5.91 Å². The number of aromatic nitrogens is 1. The molecule has 0 fully saturated rings. The molecule has 0 aliphatic carbocycles. The Morgan fingerprint density at radius 1 is 1.30 bits per heavy atom. The SMILES string of the molecule is CCNc1cc(C(=O)NCCCCOC)cc(CC)n1. The van der Waals surface area contributed by atoms with Crippen molar-refractivity contribution in [1.82, 2.24) is 10.3 Å². The zero-order chi connectivity index (χ0) is 14.8. The molecule has 1 aromatic heterocycles. The number of nitrogens with one attached hydrogen (secondary N) is 2. The number of aryl methyl sites for hydroxylation is 1. The van der Waals surface area contributed by atoms with E-state index in [-0.39, 0.29) is 5.91 Å². The number of unbranched alkanes of at least 4 members (excludes halogenated alkanes) is 1. The highest BCUT2D eigenvalue weighted by atomic mass is 16.5. The number of anilines is 1. The second-order valence-corrected chi connectivity index (χ2v) is 4.57. The van der Waals surface area contributed by atoms with Gasteiger partial charge in [-0.3, -0.25) is 4.79 Å². The lowest BCUT2D eigenvalue weighted by Gasteiger charge is -2.09. The molecule has 2 N–H and O–H groups in total. The largest absolute Gasteiger partial charge is 0.385 e. The Morgan fingerprint density at radius 3 is 2.75 bits per heavy atom. The molecule has 0 unspecified atom stereocenters. The molecule has 112 valence electrons. The van der Waals surface area contributed by atoms with E-state index in [1.54, 1.807) is 13.2 Å². The molecule has 1 heterocycles. The third kappa shape index (κ3) is 5.57. The summed E-state index contributed by atoms with van der Waals surface area (Å²) in [6.07, 6.45) is 2.69. The average Bonchev–Trinajstić information content (AvgIpc) is 2.46. The van der Waals surface area contributed by atoms with Crippen LogP contribution in [-0.2, 0) is 11.2 Å². The molecule has 0 saturated heterocycles. The minimum Gasteiger partial charge on any atom is -0.385 e. The van der Waals surface area contributed by atoms with Crippen LogP contribution >= 0.6 is 0 Å². The molecule has 20 heavy (non-hydrogen) atoms. The maximum Gasteiger partial charge on any atom is 0.251 e. The van der Waals surface area contributed by atoms with Gasteiger partial charge in [0, 0.05) is 38.1 Å². The molecule has 0 saturated carbocycles. The normalized spacial score (nSPS) is 10.3. The number of amides is 1. The van der Waals surface area contributed by atoms with Crippen molar-refractivity contribution in [3.63, 3.8) is 0 Å². The molecule has 0 aromatic carbocycles. The van der Waals surface area contributed by atoms with E-state index < -0.39 is 0 Å². The van der Waals surface area contributed by atoms with Gasteiger partial charge in [-0.05, 0) is 38.3 Å². The Balaban J connectivity index is 2.59. The molecule has 0 spiro atoms. The second-order valence-electron chi connectivity index (χ2n) is 4.57. The third-order valence-corrected chi connectivity index (χ3v) is 2.92. The van der Waals surface area contributed by atoms with Crippen LogP contribution in [0.1, 0.15) is 42.7 Å². The van der Waals surface area contributed by atoms with Crippen molar-refractivity contribution in [1.29, 1.82) is 0 Å². The van der Waals surface area contributed by atoms with Crippen molar-refractivity contribution in [2.24, 2.45) is 0 Å². The number of hydrogen-bond donors (Lipinski definition) is 2. The lowest BCUT2D eigenvalue weighted by Crippen LogP contribution is -2.25. The van der Waals surface area contributed by atoms with E-state index in [4.69, 9.17) is 4.74 Å². The van der Waals surface area contributed by atoms with Crippen molar-refractivity contribution in [2.45, 2.75) is 33.1 Å². The summed E-state index contributed by atoms with van der Waals surface area (Å²) in [4.78, 5) is 16.5. The summed E-state index contributed by atoms with van der Waals surface area (Å²) in [5, 5.41) is 6.08. The summed E-state index contributed by atoms with van der Waals surface area (Å²) in [7, 11) is 1.68. The molecule has 1 rings (SSSR count). The summed E-state index contributed by atoms with van der Waals surface area (Å²) < 4.78 is 4.98. The third-order valence-electron chi connectivity index (χ3n) is 2.92. The van der Waals surface area contributed by atoms with Crippen molar-refractivity contribution in [3.8, 4) is 0 Å². The highest BCUT2D eigenvalue weighted by molar-refractivity contribution is 5.95. The topological polar surface area (TPSA) is 63.2 Å². The molecule has 0 radical (unpaired) electrons. The van der Waals surface area contributed by atoms with Gasteiger partial charge in [-0.1, -0.05) is 6.92 Å². The number of carbonyl (C=O) groups excluding carboxylic acids is 1. The number of rotatable bonds is 9. The minimum atomic E-state index is -0.0429. The highest BCUT2D eigenvalue weighted by Crippen LogP contribution is 2.11. The predicted molar refractivity (Wildman–Crippen MR) is 81.2 cm³/mol. The summed E-state index contributed by atoms with van der Waals surface area (Å²) in [5.74, 6) is 0.718. The molecular formula is C15H25N3O2. The van der Waals surface area contributed by atoms with Crippen molar-refractivity contribution in [2.75, 3.05) is 32.1 Å². The minimum absolute atomic E-state index is 0.0429. The van der Waals surface area contributed by atoms with E-state index in [0.29, 0.717) is 12.1 Å².